The normalized spacial score (nSPS) is 20.7. The molecule has 0 amide bonds. The number of H-pyrrole nitrogens is 2. The smallest absolute Gasteiger partial charge is 0.327 e. The molecule has 0 bridgehead atoms. The summed E-state index contributed by atoms with van der Waals surface area (Å²) in [5.74, 6) is -0.0627. The van der Waals surface area contributed by atoms with Crippen LogP contribution in [0.15, 0.2) is 50.0 Å². The van der Waals surface area contributed by atoms with E-state index in [-0.39, 0.29) is 11.2 Å². The zero-order valence-electron chi connectivity index (χ0n) is 15.4. The van der Waals surface area contributed by atoms with E-state index in [4.69, 9.17) is 0 Å². The second-order valence-electron chi connectivity index (χ2n) is 7.86. The van der Waals surface area contributed by atoms with Crippen LogP contribution in [0.3, 0.4) is 0 Å². The standard InChI is InChI=1S/C20H21N3O3S/c1-20(2)8-12-15(13(24)9-20)14(10-4-6-11(27-3)7-5-10)16-17(21-12)22-19(26)23-18(16)25/h4-7,14H,8-9H2,1-3H3,(H3,21,22,23,25,26)/t14-/m0/s1. The lowest BCUT2D eigenvalue weighted by molar-refractivity contribution is -0.118. The number of carbonyl (C=O) groups is 1. The van der Waals surface area contributed by atoms with Crippen molar-refractivity contribution < 1.29 is 4.79 Å². The molecule has 1 aromatic carbocycles. The minimum Gasteiger partial charge on any atom is -0.344 e. The zero-order chi connectivity index (χ0) is 19.3. The van der Waals surface area contributed by atoms with Crippen molar-refractivity contribution in [2.45, 2.75) is 37.5 Å². The molecule has 7 heteroatoms. The number of fused-ring (bicyclic) bond motifs is 1. The van der Waals surface area contributed by atoms with Crippen LogP contribution in [0.25, 0.3) is 0 Å². The van der Waals surface area contributed by atoms with E-state index in [1.807, 2.05) is 30.5 Å². The molecule has 27 heavy (non-hydrogen) atoms. The summed E-state index contributed by atoms with van der Waals surface area (Å²) in [6, 6.07) is 7.87. The number of aromatic amines is 2. The molecule has 0 saturated carbocycles. The molecular formula is C20H21N3O3S. The summed E-state index contributed by atoms with van der Waals surface area (Å²) in [6.45, 7) is 4.10. The van der Waals surface area contributed by atoms with Gasteiger partial charge < -0.3 is 5.32 Å². The summed E-state index contributed by atoms with van der Waals surface area (Å²) in [5, 5.41) is 3.17. The maximum absolute atomic E-state index is 13.1. The molecule has 1 aliphatic heterocycles. The van der Waals surface area contributed by atoms with Gasteiger partial charge in [-0.15, -0.1) is 11.8 Å². The fraction of sp³-hybridized carbons (Fsp3) is 0.350. The Morgan fingerprint density at radius 3 is 2.41 bits per heavy atom. The molecule has 0 saturated heterocycles. The van der Waals surface area contributed by atoms with E-state index in [1.54, 1.807) is 11.8 Å². The number of rotatable bonds is 2. The van der Waals surface area contributed by atoms with E-state index < -0.39 is 17.2 Å². The fourth-order valence-corrected chi connectivity index (χ4v) is 4.48. The van der Waals surface area contributed by atoms with Gasteiger partial charge in [-0.1, -0.05) is 26.0 Å². The van der Waals surface area contributed by atoms with Gasteiger partial charge in [0.15, 0.2) is 5.78 Å². The SMILES string of the molecule is CSc1ccc([C@H]2C3=C(CC(C)(C)CC3=O)Nc3[nH]c(=O)[nH]c(=O)c32)cc1. The van der Waals surface area contributed by atoms with Gasteiger partial charge in [0.25, 0.3) is 5.56 Å². The highest BCUT2D eigenvalue weighted by Crippen LogP contribution is 2.47. The van der Waals surface area contributed by atoms with Crippen molar-refractivity contribution in [2.24, 2.45) is 5.41 Å². The van der Waals surface area contributed by atoms with Crippen LogP contribution in [0, 0.1) is 5.41 Å². The Bertz CT molecular complexity index is 1080. The molecule has 2 heterocycles. The summed E-state index contributed by atoms with van der Waals surface area (Å²) in [7, 11) is 0. The van der Waals surface area contributed by atoms with Crippen molar-refractivity contribution in [3.05, 3.63) is 67.5 Å². The highest BCUT2D eigenvalue weighted by molar-refractivity contribution is 7.98. The number of allylic oxidation sites excluding steroid dienone is 2. The van der Waals surface area contributed by atoms with Gasteiger partial charge in [-0.25, -0.2) is 4.79 Å². The van der Waals surface area contributed by atoms with E-state index in [9.17, 15) is 14.4 Å². The van der Waals surface area contributed by atoms with E-state index >= 15 is 0 Å². The first kappa shape index (κ1) is 17.9. The molecule has 6 nitrogen and oxygen atoms in total. The molecule has 1 atom stereocenters. The lowest BCUT2D eigenvalue weighted by atomic mass is 9.69. The molecule has 0 fully saturated rings. The zero-order valence-corrected chi connectivity index (χ0v) is 16.3. The maximum atomic E-state index is 13.1. The minimum absolute atomic E-state index is 0.0453. The molecule has 0 radical (unpaired) electrons. The Hall–Kier alpha value is -2.54. The van der Waals surface area contributed by atoms with Crippen LogP contribution in [0.5, 0.6) is 0 Å². The van der Waals surface area contributed by atoms with Gasteiger partial charge >= 0.3 is 5.69 Å². The Kier molecular flexibility index (Phi) is 4.14. The van der Waals surface area contributed by atoms with Crippen LogP contribution in [-0.2, 0) is 4.79 Å². The summed E-state index contributed by atoms with van der Waals surface area (Å²) in [4.78, 5) is 43.6. The number of nitrogens with one attached hydrogen (secondary N) is 3. The predicted octanol–water partition coefficient (Wildman–Crippen LogP) is 2.99. The third kappa shape index (κ3) is 3.06. The van der Waals surface area contributed by atoms with E-state index in [2.05, 4.69) is 29.1 Å². The number of anilines is 1. The van der Waals surface area contributed by atoms with Crippen molar-refractivity contribution in [3.8, 4) is 0 Å². The van der Waals surface area contributed by atoms with Gasteiger partial charge in [-0.05, 0) is 35.8 Å². The molecule has 3 N–H and O–H groups in total. The molecule has 0 unspecified atom stereocenters. The van der Waals surface area contributed by atoms with Crippen LogP contribution in [0.1, 0.15) is 43.7 Å². The number of hydrogen-bond acceptors (Lipinski definition) is 5. The Balaban J connectivity index is 1.97. The van der Waals surface area contributed by atoms with Crippen molar-refractivity contribution in [2.75, 3.05) is 11.6 Å². The van der Waals surface area contributed by atoms with Crippen LogP contribution < -0.4 is 16.6 Å². The van der Waals surface area contributed by atoms with Gasteiger partial charge in [0.1, 0.15) is 5.82 Å². The maximum Gasteiger partial charge on any atom is 0.327 e. The number of Topliss-reactive ketones (excluding diaryl/α,β-unsaturated/α-hetero) is 1. The van der Waals surface area contributed by atoms with Crippen LogP contribution in [-0.4, -0.2) is 22.0 Å². The predicted molar refractivity (Wildman–Crippen MR) is 106 cm³/mol. The molecule has 2 aromatic rings. The molecule has 1 aromatic heterocycles. The Morgan fingerprint density at radius 2 is 1.74 bits per heavy atom. The van der Waals surface area contributed by atoms with Crippen molar-refractivity contribution in [3.63, 3.8) is 0 Å². The topological polar surface area (TPSA) is 94.8 Å². The van der Waals surface area contributed by atoms with E-state index in [0.717, 1.165) is 16.2 Å². The monoisotopic (exact) mass is 383 g/mol. The second-order valence-corrected chi connectivity index (χ2v) is 8.74. The van der Waals surface area contributed by atoms with Crippen LogP contribution >= 0.6 is 11.8 Å². The first-order chi connectivity index (χ1) is 12.8. The average molecular weight is 383 g/mol. The van der Waals surface area contributed by atoms with Crippen molar-refractivity contribution in [1.29, 1.82) is 0 Å². The lowest BCUT2D eigenvalue weighted by Gasteiger charge is -2.38. The number of thioether (sulfide) groups is 1. The van der Waals surface area contributed by atoms with Crippen molar-refractivity contribution >= 4 is 23.4 Å². The molecule has 1 aliphatic carbocycles. The highest BCUT2D eigenvalue weighted by atomic mass is 32.2. The highest BCUT2D eigenvalue weighted by Gasteiger charge is 2.42. The quantitative estimate of drug-likeness (QED) is 0.693. The molecular weight excluding hydrogens is 362 g/mol. The fourth-order valence-electron chi connectivity index (χ4n) is 4.08. The summed E-state index contributed by atoms with van der Waals surface area (Å²) < 4.78 is 0. The molecule has 140 valence electrons. The number of hydrogen-bond donors (Lipinski definition) is 3. The van der Waals surface area contributed by atoms with Gasteiger partial charge in [0, 0.05) is 28.5 Å². The largest absolute Gasteiger partial charge is 0.344 e. The van der Waals surface area contributed by atoms with Crippen LogP contribution in [0.4, 0.5) is 5.82 Å². The Morgan fingerprint density at radius 1 is 1.04 bits per heavy atom. The van der Waals surface area contributed by atoms with Crippen LogP contribution in [0.2, 0.25) is 0 Å². The van der Waals surface area contributed by atoms with Gasteiger partial charge in [0.05, 0.1) is 5.56 Å². The molecule has 0 spiro atoms. The van der Waals surface area contributed by atoms with Gasteiger partial charge in [0.2, 0.25) is 0 Å². The molecule has 2 aliphatic rings. The number of benzene rings is 1. The first-order valence-corrected chi connectivity index (χ1v) is 10.1. The number of ketones is 1. The lowest BCUT2D eigenvalue weighted by Crippen LogP contribution is -2.38. The number of aromatic nitrogens is 2. The van der Waals surface area contributed by atoms with E-state index in [0.29, 0.717) is 29.8 Å². The van der Waals surface area contributed by atoms with E-state index in [1.165, 1.54) is 0 Å². The summed E-state index contributed by atoms with van der Waals surface area (Å²) in [6.07, 6.45) is 3.11. The Labute approximate surface area is 160 Å². The summed E-state index contributed by atoms with van der Waals surface area (Å²) >= 11 is 1.63. The minimum atomic E-state index is -0.562. The third-order valence-electron chi connectivity index (χ3n) is 5.20. The molecule has 4 rings (SSSR count). The van der Waals surface area contributed by atoms with Gasteiger partial charge in [-0.3, -0.25) is 19.6 Å². The third-order valence-corrected chi connectivity index (χ3v) is 5.95. The van der Waals surface area contributed by atoms with Gasteiger partial charge in [-0.2, -0.15) is 0 Å². The average Bonchev–Trinajstić information content (AvgIpc) is 2.58. The number of carbonyl (C=O) groups excluding carboxylic acids is 1. The summed E-state index contributed by atoms with van der Waals surface area (Å²) in [5.41, 5.74) is 1.49. The van der Waals surface area contributed by atoms with Crippen molar-refractivity contribution in [1.82, 2.24) is 9.97 Å². The first-order valence-electron chi connectivity index (χ1n) is 8.83. The second kappa shape index (κ2) is 6.27.